The molecule has 1 aromatic rings. The molecule has 1 N–H and O–H groups in total. The second-order valence-corrected chi connectivity index (χ2v) is 4.86. The van der Waals surface area contributed by atoms with Crippen LogP contribution in [0.3, 0.4) is 0 Å². The molecule has 0 aliphatic carbocycles. The first-order chi connectivity index (χ1) is 12.3. The van der Waals surface area contributed by atoms with Gasteiger partial charge in [0.05, 0.1) is 5.71 Å². The number of aliphatic imine (C=N–C) groups is 1. The number of alkyl halides is 2. The van der Waals surface area contributed by atoms with Crippen LogP contribution in [0, 0.1) is 5.82 Å². The average Bonchev–Trinajstić information content (AvgIpc) is 2.58. The van der Waals surface area contributed by atoms with E-state index in [0.29, 0.717) is 11.3 Å². The Morgan fingerprint density at radius 2 is 1.81 bits per heavy atom. The summed E-state index contributed by atoms with van der Waals surface area (Å²) in [7, 11) is 1.61. The van der Waals surface area contributed by atoms with Crippen molar-refractivity contribution in [2.45, 2.75) is 19.8 Å². The molecule has 0 aliphatic heterocycles. The van der Waals surface area contributed by atoms with Crippen molar-refractivity contribution in [3.8, 4) is 0 Å². The first kappa shape index (κ1) is 23.1. The van der Waals surface area contributed by atoms with Gasteiger partial charge in [-0.2, -0.15) is 0 Å². The third-order valence-electron chi connectivity index (χ3n) is 2.73. The Bertz CT molecular complexity index is 685. The molecule has 1 aromatic carbocycles. The molecule has 0 fully saturated rings. The van der Waals surface area contributed by atoms with Crippen molar-refractivity contribution >= 4 is 11.5 Å². The molecule has 26 heavy (non-hydrogen) atoms. The molecule has 0 bridgehead atoms. The van der Waals surface area contributed by atoms with Crippen molar-refractivity contribution in [3.05, 3.63) is 84.4 Å². The number of carbonyl (C=O) groups is 1. The largest absolute Gasteiger partial charge is 0.508 e. The quantitative estimate of drug-likeness (QED) is 0.301. The number of carbonyl (C=O) groups excluding carboxylic acids is 1. The van der Waals surface area contributed by atoms with Gasteiger partial charge in [0.15, 0.2) is 5.78 Å². The summed E-state index contributed by atoms with van der Waals surface area (Å²) in [4.78, 5) is 15.9. The van der Waals surface area contributed by atoms with Crippen LogP contribution in [0.4, 0.5) is 13.2 Å². The molecule has 3 nitrogen and oxygen atoms in total. The smallest absolute Gasteiger partial charge is 0.235 e. The molecular weight excluding hydrogens is 343 g/mol. The standard InChI is InChI=1S/C18H18FNO2.C2H4F2/c1-3-5-17(21)13-12-16(20-2)6-4-7-18(22)14-8-10-15(19)11-9-14;1-2(3)4/h3-6,8-13,21H,1,7H2,2H3;2H,1H3/b6-4-,13-12+,17-5-,20-16?;. The maximum absolute atomic E-state index is 12.8. The Kier molecular flexibility index (Phi) is 11.9. The molecule has 6 heteroatoms. The van der Waals surface area contributed by atoms with Crippen LogP contribution >= 0.6 is 0 Å². The predicted molar refractivity (Wildman–Crippen MR) is 99.6 cm³/mol. The van der Waals surface area contributed by atoms with E-state index in [2.05, 4.69) is 11.6 Å². The first-order valence-electron chi connectivity index (χ1n) is 7.70. The van der Waals surface area contributed by atoms with Crippen LogP contribution in [0.15, 0.2) is 78.1 Å². The number of aliphatic hydroxyl groups is 1. The Balaban J connectivity index is 0.00000141. The van der Waals surface area contributed by atoms with E-state index in [9.17, 15) is 23.1 Å². The summed E-state index contributed by atoms with van der Waals surface area (Å²) in [5.74, 6) is -0.415. The van der Waals surface area contributed by atoms with Gasteiger partial charge in [0.2, 0.25) is 6.43 Å². The number of Topliss-reactive ketones (excluding diaryl/α,β-unsaturated/α-hetero) is 1. The summed E-state index contributed by atoms with van der Waals surface area (Å²) in [6, 6.07) is 5.43. The predicted octanol–water partition coefficient (Wildman–Crippen LogP) is 5.48. The molecule has 0 amide bonds. The molecule has 1 rings (SSSR count). The van der Waals surface area contributed by atoms with Gasteiger partial charge in [-0.1, -0.05) is 18.7 Å². The highest BCUT2D eigenvalue weighted by Gasteiger charge is 2.03. The van der Waals surface area contributed by atoms with Gasteiger partial charge < -0.3 is 5.11 Å². The summed E-state index contributed by atoms with van der Waals surface area (Å²) in [6.07, 6.45) is 7.40. The summed E-state index contributed by atoms with van der Waals surface area (Å²) in [5.41, 5.74) is 1.07. The monoisotopic (exact) mass is 365 g/mol. The number of hydrogen-bond acceptors (Lipinski definition) is 3. The van der Waals surface area contributed by atoms with E-state index in [1.165, 1.54) is 42.5 Å². The minimum atomic E-state index is -2.17. The van der Waals surface area contributed by atoms with Gasteiger partial charge in [-0.15, -0.1) is 0 Å². The van der Waals surface area contributed by atoms with E-state index >= 15 is 0 Å². The molecule has 0 heterocycles. The van der Waals surface area contributed by atoms with Gasteiger partial charge in [-0.25, -0.2) is 13.2 Å². The van der Waals surface area contributed by atoms with Gasteiger partial charge in [-0.3, -0.25) is 9.79 Å². The number of nitrogens with zero attached hydrogens (tertiary/aromatic N) is 1. The zero-order valence-electron chi connectivity index (χ0n) is 14.7. The van der Waals surface area contributed by atoms with Crippen molar-refractivity contribution in [2.24, 2.45) is 4.99 Å². The van der Waals surface area contributed by atoms with Crippen LogP contribution in [-0.2, 0) is 0 Å². The number of rotatable bonds is 7. The number of allylic oxidation sites excluding steroid dienone is 6. The van der Waals surface area contributed by atoms with Crippen molar-refractivity contribution in [1.82, 2.24) is 0 Å². The van der Waals surface area contributed by atoms with Crippen LogP contribution in [-0.4, -0.2) is 30.1 Å². The average molecular weight is 365 g/mol. The lowest BCUT2D eigenvalue weighted by molar-refractivity contribution is 0.0995. The van der Waals surface area contributed by atoms with Crippen LogP contribution in [0.5, 0.6) is 0 Å². The Morgan fingerprint density at radius 1 is 1.23 bits per heavy atom. The highest BCUT2D eigenvalue weighted by atomic mass is 19.3. The lowest BCUT2D eigenvalue weighted by atomic mass is 10.1. The molecule has 0 radical (unpaired) electrons. The van der Waals surface area contributed by atoms with Crippen LogP contribution in [0.1, 0.15) is 23.7 Å². The van der Waals surface area contributed by atoms with E-state index in [1.54, 1.807) is 25.3 Å². The molecule has 0 spiro atoms. The second-order valence-electron chi connectivity index (χ2n) is 4.86. The Morgan fingerprint density at radius 3 is 2.31 bits per heavy atom. The number of halogens is 3. The maximum atomic E-state index is 12.8. The lowest BCUT2D eigenvalue weighted by Gasteiger charge is -1.97. The van der Waals surface area contributed by atoms with E-state index in [1.807, 2.05) is 0 Å². The first-order valence-corrected chi connectivity index (χ1v) is 7.70. The lowest BCUT2D eigenvalue weighted by Crippen LogP contribution is -1.97. The van der Waals surface area contributed by atoms with Crippen molar-refractivity contribution in [1.29, 1.82) is 0 Å². The fourth-order valence-electron chi connectivity index (χ4n) is 1.59. The van der Waals surface area contributed by atoms with Gasteiger partial charge in [0, 0.05) is 19.0 Å². The summed E-state index contributed by atoms with van der Waals surface area (Å²) in [5, 5.41) is 9.42. The molecule has 0 saturated heterocycles. The third-order valence-corrected chi connectivity index (χ3v) is 2.73. The van der Waals surface area contributed by atoms with E-state index in [0.717, 1.165) is 6.92 Å². The minimum absolute atomic E-state index is 0.0620. The number of benzene rings is 1. The molecule has 0 atom stereocenters. The molecule has 0 aliphatic rings. The highest BCUT2D eigenvalue weighted by Crippen LogP contribution is 2.06. The number of ketones is 1. The zero-order chi connectivity index (χ0) is 19.9. The van der Waals surface area contributed by atoms with Gasteiger partial charge in [0.25, 0.3) is 0 Å². The van der Waals surface area contributed by atoms with E-state index < -0.39 is 6.43 Å². The number of aliphatic hydroxyl groups excluding tert-OH is 1. The normalized spacial score (nSPS) is 12.4. The van der Waals surface area contributed by atoms with Crippen molar-refractivity contribution < 1.29 is 23.1 Å². The van der Waals surface area contributed by atoms with Gasteiger partial charge in [-0.05, 0) is 55.5 Å². The van der Waals surface area contributed by atoms with Crippen LogP contribution in [0.2, 0.25) is 0 Å². The third kappa shape index (κ3) is 11.6. The molecule has 0 aromatic heterocycles. The fourth-order valence-corrected chi connectivity index (χ4v) is 1.59. The van der Waals surface area contributed by atoms with Crippen molar-refractivity contribution in [2.75, 3.05) is 7.05 Å². The molecule has 0 unspecified atom stereocenters. The zero-order valence-corrected chi connectivity index (χ0v) is 14.7. The van der Waals surface area contributed by atoms with Crippen LogP contribution < -0.4 is 0 Å². The fraction of sp³-hybridized carbons (Fsp3) is 0.200. The highest BCUT2D eigenvalue weighted by molar-refractivity contribution is 6.05. The van der Waals surface area contributed by atoms with E-state index in [4.69, 9.17) is 0 Å². The van der Waals surface area contributed by atoms with E-state index in [-0.39, 0.29) is 23.8 Å². The van der Waals surface area contributed by atoms with Gasteiger partial charge >= 0.3 is 0 Å². The maximum Gasteiger partial charge on any atom is 0.235 e. The number of hydrogen-bond donors (Lipinski definition) is 1. The summed E-state index contributed by atoms with van der Waals surface area (Å²) in [6.45, 7) is 4.31. The summed E-state index contributed by atoms with van der Waals surface area (Å²) < 4.78 is 33.4. The topological polar surface area (TPSA) is 49.7 Å². The SMILES string of the molecule is C=C/C=C(O)/C=C/C(/C=C\CC(=O)c1ccc(F)cc1)=NC.CC(F)F. The Labute approximate surface area is 151 Å². The molecule has 140 valence electrons. The summed E-state index contributed by atoms with van der Waals surface area (Å²) >= 11 is 0. The minimum Gasteiger partial charge on any atom is -0.508 e. The molecule has 0 saturated carbocycles. The van der Waals surface area contributed by atoms with Gasteiger partial charge in [0.1, 0.15) is 11.6 Å². The van der Waals surface area contributed by atoms with Crippen LogP contribution in [0.25, 0.3) is 0 Å². The molecular formula is C20H22F3NO2. The van der Waals surface area contributed by atoms with Crippen molar-refractivity contribution in [3.63, 3.8) is 0 Å². The Hall–Kier alpha value is -2.89. The second kappa shape index (κ2) is 13.4.